The van der Waals surface area contributed by atoms with E-state index in [1.807, 2.05) is 6.08 Å². The molecule has 0 aromatic heterocycles. The van der Waals surface area contributed by atoms with E-state index in [1.165, 1.54) is 15.6 Å². The minimum atomic E-state index is 0.448. The topological polar surface area (TPSA) is 12.0 Å². The van der Waals surface area contributed by atoms with E-state index in [1.54, 1.807) is 0 Å². The monoisotopic (exact) mass is 407 g/mol. The molecule has 0 bridgehead atoms. The third-order valence-electron chi connectivity index (χ3n) is 2.69. The van der Waals surface area contributed by atoms with Gasteiger partial charge < -0.3 is 5.32 Å². The van der Waals surface area contributed by atoms with Gasteiger partial charge in [-0.05, 0) is 72.2 Å². The molecule has 17 heavy (non-hydrogen) atoms. The first kappa shape index (κ1) is 15.2. The number of benzene rings is 1. The Morgan fingerprint density at radius 1 is 1.53 bits per heavy atom. The largest absolute Gasteiger partial charge is 0.310 e. The van der Waals surface area contributed by atoms with E-state index in [-0.39, 0.29) is 0 Å². The highest BCUT2D eigenvalue weighted by molar-refractivity contribution is 14.1. The number of allylic oxidation sites excluding steroid dienone is 1. The number of nitrogens with one attached hydrogen (secondary N) is 1. The van der Waals surface area contributed by atoms with Gasteiger partial charge in [-0.1, -0.05) is 28.9 Å². The molecule has 1 N–H and O–H groups in total. The van der Waals surface area contributed by atoms with E-state index in [4.69, 9.17) is 0 Å². The van der Waals surface area contributed by atoms with Gasteiger partial charge >= 0.3 is 0 Å². The second-order valence-corrected chi connectivity index (χ2v) is 6.07. The smallest absolute Gasteiger partial charge is 0.0331 e. The molecular formula is C14H19BrIN. The van der Waals surface area contributed by atoms with Crippen LogP contribution >= 0.6 is 38.5 Å². The maximum atomic E-state index is 3.78. The fourth-order valence-corrected chi connectivity index (χ4v) is 2.95. The first-order valence-electron chi connectivity index (χ1n) is 5.98. The van der Waals surface area contributed by atoms with Gasteiger partial charge in [0.25, 0.3) is 0 Å². The van der Waals surface area contributed by atoms with E-state index in [9.17, 15) is 0 Å². The van der Waals surface area contributed by atoms with Gasteiger partial charge in [0.2, 0.25) is 0 Å². The molecule has 0 amide bonds. The zero-order valence-electron chi connectivity index (χ0n) is 10.2. The van der Waals surface area contributed by atoms with Crippen molar-refractivity contribution in [2.24, 2.45) is 0 Å². The second kappa shape index (κ2) is 8.27. The van der Waals surface area contributed by atoms with E-state index >= 15 is 0 Å². The van der Waals surface area contributed by atoms with Gasteiger partial charge in [-0.25, -0.2) is 0 Å². The standard InChI is InChI=1S/C14H19BrIN/c1-3-5-6-7-14(17-4-2)12-10-11(15)8-9-13(12)16/h3,8-10,14,17H,1,4-7H2,2H3. The van der Waals surface area contributed by atoms with Crippen LogP contribution in [-0.4, -0.2) is 6.54 Å². The number of hydrogen-bond acceptors (Lipinski definition) is 1. The molecule has 0 heterocycles. The van der Waals surface area contributed by atoms with Crippen molar-refractivity contribution < 1.29 is 0 Å². The van der Waals surface area contributed by atoms with Crippen molar-refractivity contribution in [1.29, 1.82) is 0 Å². The Morgan fingerprint density at radius 2 is 2.29 bits per heavy atom. The van der Waals surface area contributed by atoms with Crippen LogP contribution in [0.3, 0.4) is 0 Å². The first-order chi connectivity index (χ1) is 8.19. The molecule has 0 radical (unpaired) electrons. The lowest BCUT2D eigenvalue weighted by molar-refractivity contribution is 0.498. The van der Waals surface area contributed by atoms with Gasteiger partial charge in [0.05, 0.1) is 0 Å². The highest BCUT2D eigenvalue weighted by atomic mass is 127. The van der Waals surface area contributed by atoms with Gasteiger partial charge in [0, 0.05) is 14.1 Å². The number of hydrogen-bond donors (Lipinski definition) is 1. The van der Waals surface area contributed by atoms with Gasteiger partial charge in [0.1, 0.15) is 0 Å². The van der Waals surface area contributed by atoms with E-state index < -0.39 is 0 Å². The fourth-order valence-electron chi connectivity index (χ4n) is 1.86. The Kier molecular flexibility index (Phi) is 7.39. The zero-order valence-corrected chi connectivity index (χ0v) is 13.9. The molecule has 0 saturated carbocycles. The van der Waals surface area contributed by atoms with Crippen molar-refractivity contribution in [2.75, 3.05) is 6.54 Å². The molecule has 3 heteroatoms. The molecule has 0 aliphatic carbocycles. The van der Waals surface area contributed by atoms with Crippen LogP contribution in [0.1, 0.15) is 37.8 Å². The van der Waals surface area contributed by atoms with Gasteiger partial charge in [-0.15, -0.1) is 6.58 Å². The predicted octanol–water partition coefficient (Wildman–Crippen LogP) is 5.06. The van der Waals surface area contributed by atoms with Crippen LogP contribution in [-0.2, 0) is 0 Å². The lowest BCUT2D eigenvalue weighted by Crippen LogP contribution is -2.21. The van der Waals surface area contributed by atoms with Gasteiger partial charge in [-0.3, -0.25) is 0 Å². The molecule has 0 saturated heterocycles. The summed E-state index contributed by atoms with van der Waals surface area (Å²) in [5, 5.41) is 3.57. The van der Waals surface area contributed by atoms with Crippen molar-refractivity contribution in [3.63, 3.8) is 0 Å². The Morgan fingerprint density at radius 3 is 2.94 bits per heavy atom. The highest BCUT2D eigenvalue weighted by Crippen LogP contribution is 2.27. The Balaban J connectivity index is 2.80. The van der Waals surface area contributed by atoms with Crippen LogP contribution in [0, 0.1) is 3.57 Å². The molecule has 1 aromatic carbocycles. The summed E-state index contributed by atoms with van der Waals surface area (Å²) in [7, 11) is 0. The summed E-state index contributed by atoms with van der Waals surface area (Å²) in [6.45, 7) is 6.94. The summed E-state index contributed by atoms with van der Waals surface area (Å²) in [5.41, 5.74) is 1.39. The molecule has 1 atom stereocenters. The zero-order chi connectivity index (χ0) is 12.7. The van der Waals surface area contributed by atoms with Crippen LogP contribution < -0.4 is 5.32 Å². The van der Waals surface area contributed by atoms with Crippen molar-refractivity contribution in [1.82, 2.24) is 5.32 Å². The number of rotatable bonds is 7. The van der Waals surface area contributed by atoms with Crippen molar-refractivity contribution in [3.8, 4) is 0 Å². The van der Waals surface area contributed by atoms with Crippen LogP contribution in [0.25, 0.3) is 0 Å². The van der Waals surface area contributed by atoms with E-state index in [2.05, 4.69) is 75.5 Å². The third-order valence-corrected chi connectivity index (χ3v) is 4.16. The van der Waals surface area contributed by atoms with Crippen molar-refractivity contribution >= 4 is 38.5 Å². The molecule has 0 aliphatic heterocycles. The molecule has 1 nitrogen and oxygen atoms in total. The highest BCUT2D eigenvalue weighted by Gasteiger charge is 2.13. The predicted molar refractivity (Wildman–Crippen MR) is 87.3 cm³/mol. The maximum Gasteiger partial charge on any atom is 0.0331 e. The maximum absolute atomic E-state index is 3.78. The summed E-state index contributed by atoms with van der Waals surface area (Å²) in [5.74, 6) is 0. The molecule has 1 unspecified atom stereocenters. The van der Waals surface area contributed by atoms with E-state index in [0.29, 0.717) is 6.04 Å². The Hall–Kier alpha value is 0.130. The lowest BCUT2D eigenvalue weighted by Gasteiger charge is -2.20. The lowest BCUT2D eigenvalue weighted by atomic mass is 10.0. The molecule has 0 aliphatic rings. The first-order valence-corrected chi connectivity index (χ1v) is 7.85. The average molecular weight is 408 g/mol. The molecule has 0 spiro atoms. The Bertz CT molecular complexity index is 365. The van der Waals surface area contributed by atoms with Crippen molar-refractivity contribution in [2.45, 2.75) is 32.2 Å². The van der Waals surface area contributed by atoms with Crippen LogP contribution in [0.2, 0.25) is 0 Å². The second-order valence-electron chi connectivity index (χ2n) is 4.00. The van der Waals surface area contributed by atoms with Gasteiger partial charge in [0.15, 0.2) is 0 Å². The third kappa shape index (κ3) is 5.10. The minimum absolute atomic E-state index is 0.448. The summed E-state index contributed by atoms with van der Waals surface area (Å²) in [4.78, 5) is 0. The normalized spacial score (nSPS) is 12.4. The molecule has 0 fully saturated rings. The molecular weight excluding hydrogens is 389 g/mol. The SMILES string of the molecule is C=CCCCC(NCC)c1cc(Br)ccc1I. The van der Waals surface area contributed by atoms with Crippen LogP contribution in [0.4, 0.5) is 0 Å². The quantitative estimate of drug-likeness (QED) is 0.378. The van der Waals surface area contributed by atoms with Crippen LogP contribution in [0.15, 0.2) is 35.3 Å². The summed E-state index contributed by atoms with van der Waals surface area (Å²) in [6.07, 6.45) is 5.43. The number of unbranched alkanes of at least 4 members (excludes halogenated alkanes) is 1. The van der Waals surface area contributed by atoms with E-state index in [0.717, 1.165) is 23.9 Å². The number of halogens is 2. The Labute approximate surface area is 126 Å². The minimum Gasteiger partial charge on any atom is -0.310 e. The summed E-state index contributed by atoms with van der Waals surface area (Å²) in [6, 6.07) is 6.93. The molecule has 94 valence electrons. The average Bonchev–Trinajstić information content (AvgIpc) is 2.32. The summed E-state index contributed by atoms with van der Waals surface area (Å²) < 4.78 is 2.48. The molecule has 1 aromatic rings. The van der Waals surface area contributed by atoms with Crippen molar-refractivity contribution in [3.05, 3.63) is 44.5 Å². The van der Waals surface area contributed by atoms with Crippen LogP contribution in [0.5, 0.6) is 0 Å². The molecule has 1 rings (SSSR count). The summed E-state index contributed by atoms with van der Waals surface area (Å²) >= 11 is 5.96. The van der Waals surface area contributed by atoms with Gasteiger partial charge in [-0.2, -0.15) is 0 Å². The fraction of sp³-hybridized carbons (Fsp3) is 0.429.